The lowest BCUT2D eigenvalue weighted by molar-refractivity contribution is -0.118. The van der Waals surface area contributed by atoms with E-state index >= 15 is 0 Å². The highest BCUT2D eigenvalue weighted by molar-refractivity contribution is 7.15. The van der Waals surface area contributed by atoms with Crippen LogP contribution in [-0.2, 0) is 11.2 Å². The van der Waals surface area contributed by atoms with Gasteiger partial charge >= 0.3 is 0 Å². The third-order valence-corrected chi connectivity index (χ3v) is 4.62. The van der Waals surface area contributed by atoms with E-state index in [1.54, 1.807) is 6.20 Å². The monoisotopic (exact) mass is 372 g/mol. The smallest absolute Gasteiger partial charge is 0.264 e. The van der Waals surface area contributed by atoms with E-state index in [0.717, 1.165) is 27.4 Å². The van der Waals surface area contributed by atoms with Crippen molar-refractivity contribution in [1.82, 2.24) is 4.98 Å². The quantitative estimate of drug-likeness (QED) is 0.681. The number of nitrogens with zero attached hydrogens (tertiary/aromatic N) is 1. The van der Waals surface area contributed by atoms with Gasteiger partial charge in [0.25, 0.3) is 5.91 Å². The molecule has 1 heterocycles. The summed E-state index contributed by atoms with van der Waals surface area (Å²) in [7, 11) is 0. The number of carbonyl (C=O) groups is 1. The number of carbonyl (C=O) groups excluding carboxylic acids is 1. The molecule has 0 fully saturated rings. The van der Waals surface area contributed by atoms with E-state index in [0.29, 0.717) is 10.9 Å². The number of rotatable bonds is 6. The van der Waals surface area contributed by atoms with E-state index in [9.17, 15) is 4.79 Å². The molecule has 0 aliphatic carbocycles. The molecule has 0 radical (unpaired) electrons. The molecule has 0 saturated carbocycles. The number of amides is 1. The molecule has 0 saturated heterocycles. The summed E-state index contributed by atoms with van der Waals surface area (Å²) >= 11 is 7.34. The van der Waals surface area contributed by atoms with Crippen LogP contribution in [-0.4, -0.2) is 17.5 Å². The van der Waals surface area contributed by atoms with Gasteiger partial charge in [-0.25, -0.2) is 4.98 Å². The second-order valence-electron chi connectivity index (χ2n) is 5.59. The summed E-state index contributed by atoms with van der Waals surface area (Å²) in [5.74, 6) is 0.451. The number of nitrogens with one attached hydrogen (secondary N) is 1. The average Bonchev–Trinajstić information content (AvgIpc) is 3.02. The Morgan fingerprint density at radius 2 is 2.04 bits per heavy atom. The third kappa shape index (κ3) is 5.31. The van der Waals surface area contributed by atoms with Gasteiger partial charge in [0.05, 0.1) is 0 Å². The largest absolute Gasteiger partial charge is 0.484 e. The molecular formula is C19H17ClN2O2S. The molecule has 1 aromatic heterocycles. The summed E-state index contributed by atoms with van der Waals surface area (Å²) < 4.78 is 5.49. The maximum absolute atomic E-state index is 12.0. The van der Waals surface area contributed by atoms with Crippen molar-refractivity contribution in [3.8, 4) is 5.75 Å². The zero-order valence-corrected chi connectivity index (χ0v) is 15.2. The van der Waals surface area contributed by atoms with Gasteiger partial charge in [0.2, 0.25) is 0 Å². The number of anilines is 1. The Balaban J connectivity index is 1.52. The van der Waals surface area contributed by atoms with Crippen LogP contribution in [0, 0.1) is 6.92 Å². The normalized spacial score (nSPS) is 10.5. The lowest BCUT2D eigenvalue weighted by atomic mass is 10.1. The first-order valence-corrected chi connectivity index (χ1v) is 8.96. The molecule has 128 valence electrons. The van der Waals surface area contributed by atoms with Gasteiger partial charge in [-0.2, -0.15) is 0 Å². The number of halogens is 1. The second kappa shape index (κ2) is 8.14. The summed E-state index contributed by atoms with van der Waals surface area (Å²) in [4.78, 5) is 17.3. The van der Waals surface area contributed by atoms with Gasteiger partial charge in [-0.15, -0.1) is 11.3 Å². The second-order valence-corrected chi connectivity index (χ2v) is 7.14. The summed E-state index contributed by atoms with van der Waals surface area (Å²) in [6.07, 6.45) is 2.53. The molecule has 4 nitrogen and oxygen atoms in total. The Kier molecular flexibility index (Phi) is 5.68. The lowest BCUT2D eigenvalue weighted by Gasteiger charge is -2.06. The van der Waals surface area contributed by atoms with Crippen LogP contribution in [0.5, 0.6) is 5.75 Å². The van der Waals surface area contributed by atoms with Crippen LogP contribution in [0.2, 0.25) is 5.02 Å². The molecule has 3 aromatic rings. The van der Waals surface area contributed by atoms with Gasteiger partial charge in [-0.1, -0.05) is 35.9 Å². The summed E-state index contributed by atoms with van der Waals surface area (Å²) in [5.41, 5.74) is 2.23. The number of hydrogen-bond donors (Lipinski definition) is 1. The van der Waals surface area contributed by atoms with Crippen LogP contribution < -0.4 is 10.1 Å². The van der Waals surface area contributed by atoms with E-state index in [1.165, 1.54) is 11.3 Å². The minimum absolute atomic E-state index is 0.0461. The SMILES string of the molecule is Cc1cccc(OCC(=O)Nc2ncc(Cc3ccc(Cl)cc3)s2)c1. The fourth-order valence-corrected chi connectivity index (χ4v) is 3.25. The van der Waals surface area contributed by atoms with Gasteiger partial charge in [0.15, 0.2) is 11.7 Å². The Morgan fingerprint density at radius 1 is 1.24 bits per heavy atom. The minimum atomic E-state index is -0.228. The summed E-state index contributed by atoms with van der Waals surface area (Å²) in [6, 6.07) is 15.3. The predicted octanol–water partition coefficient (Wildman–Crippen LogP) is 4.71. The maximum Gasteiger partial charge on any atom is 0.264 e. The van der Waals surface area contributed by atoms with Crippen molar-refractivity contribution in [1.29, 1.82) is 0 Å². The molecule has 1 amide bonds. The summed E-state index contributed by atoms with van der Waals surface area (Å²) in [5, 5.41) is 4.05. The number of aryl methyl sites for hydroxylation is 1. The molecular weight excluding hydrogens is 356 g/mol. The van der Waals surface area contributed by atoms with Gasteiger partial charge in [0.1, 0.15) is 5.75 Å². The van der Waals surface area contributed by atoms with Crippen LogP contribution in [0.1, 0.15) is 16.0 Å². The number of hydrogen-bond acceptors (Lipinski definition) is 4. The highest BCUT2D eigenvalue weighted by Gasteiger charge is 2.08. The lowest BCUT2D eigenvalue weighted by Crippen LogP contribution is -2.19. The third-order valence-electron chi connectivity index (χ3n) is 3.45. The van der Waals surface area contributed by atoms with Crippen LogP contribution in [0.3, 0.4) is 0 Å². The number of ether oxygens (including phenoxy) is 1. The first-order chi connectivity index (χ1) is 12.1. The molecule has 0 aliphatic rings. The van der Waals surface area contributed by atoms with E-state index < -0.39 is 0 Å². The van der Waals surface area contributed by atoms with Crippen LogP contribution in [0.15, 0.2) is 54.7 Å². The van der Waals surface area contributed by atoms with E-state index in [4.69, 9.17) is 16.3 Å². The standard InChI is InChI=1S/C19H17ClN2O2S/c1-13-3-2-4-16(9-13)24-12-18(23)22-19-21-11-17(25-19)10-14-5-7-15(20)8-6-14/h2-9,11H,10,12H2,1H3,(H,21,22,23). The molecule has 6 heteroatoms. The fraction of sp³-hybridized carbons (Fsp3) is 0.158. The minimum Gasteiger partial charge on any atom is -0.484 e. The molecule has 2 aromatic carbocycles. The Hall–Kier alpha value is -2.37. The van der Waals surface area contributed by atoms with Gasteiger partial charge in [-0.3, -0.25) is 10.1 Å². The molecule has 1 N–H and O–H groups in total. The van der Waals surface area contributed by atoms with E-state index in [1.807, 2.05) is 55.5 Å². The van der Waals surface area contributed by atoms with Crippen molar-refractivity contribution in [2.75, 3.05) is 11.9 Å². The number of aromatic nitrogens is 1. The molecule has 0 atom stereocenters. The zero-order chi connectivity index (χ0) is 17.6. The molecule has 0 unspecified atom stereocenters. The van der Waals surface area contributed by atoms with Crippen molar-refractivity contribution in [3.63, 3.8) is 0 Å². The highest BCUT2D eigenvalue weighted by atomic mass is 35.5. The highest BCUT2D eigenvalue weighted by Crippen LogP contribution is 2.22. The van der Waals surface area contributed by atoms with Crippen molar-refractivity contribution in [3.05, 3.63) is 75.8 Å². The zero-order valence-electron chi connectivity index (χ0n) is 13.7. The number of benzene rings is 2. The summed E-state index contributed by atoms with van der Waals surface area (Å²) in [6.45, 7) is 1.93. The predicted molar refractivity (Wildman–Crippen MR) is 102 cm³/mol. The fourth-order valence-electron chi connectivity index (χ4n) is 2.26. The Bertz CT molecular complexity index is 862. The maximum atomic E-state index is 12.0. The van der Waals surface area contributed by atoms with Crippen molar-refractivity contribution >= 4 is 34.0 Å². The van der Waals surface area contributed by atoms with Crippen molar-refractivity contribution < 1.29 is 9.53 Å². The molecule has 0 spiro atoms. The van der Waals surface area contributed by atoms with Crippen LogP contribution in [0.4, 0.5) is 5.13 Å². The first-order valence-electron chi connectivity index (χ1n) is 7.77. The molecule has 0 aliphatic heterocycles. The first kappa shape index (κ1) is 17.5. The van der Waals surface area contributed by atoms with Gasteiger partial charge < -0.3 is 4.74 Å². The Morgan fingerprint density at radius 3 is 2.80 bits per heavy atom. The number of thiazole rings is 1. The molecule has 0 bridgehead atoms. The Labute approximate surface area is 155 Å². The topological polar surface area (TPSA) is 51.2 Å². The van der Waals surface area contributed by atoms with Crippen molar-refractivity contribution in [2.24, 2.45) is 0 Å². The van der Waals surface area contributed by atoms with Crippen molar-refractivity contribution in [2.45, 2.75) is 13.3 Å². The molecule has 3 rings (SSSR count). The van der Waals surface area contributed by atoms with Crippen LogP contribution >= 0.6 is 22.9 Å². The molecule has 25 heavy (non-hydrogen) atoms. The van der Waals surface area contributed by atoms with Gasteiger partial charge in [-0.05, 0) is 42.3 Å². The van der Waals surface area contributed by atoms with Gasteiger partial charge in [0, 0.05) is 22.5 Å². The van der Waals surface area contributed by atoms with Crippen LogP contribution in [0.25, 0.3) is 0 Å². The average molecular weight is 373 g/mol. The van der Waals surface area contributed by atoms with E-state index in [-0.39, 0.29) is 12.5 Å². The van der Waals surface area contributed by atoms with E-state index in [2.05, 4.69) is 10.3 Å².